The lowest BCUT2D eigenvalue weighted by molar-refractivity contribution is 0.00773. The number of carboxylic acid groups (broad SMARTS) is 1. The molecule has 0 saturated carbocycles. The molecule has 0 aliphatic carbocycles. The summed E-state index contributed by atoms with van der Waals surface area (Å²) in [6.07, 6.45) is 12.0. The first-order valence-corrected chi connectivity index (χ1v) is 9.69. The van der Waals surface area contributed by atoms with Crippen LogP contribution in [0.15, 0.2) is 0 Å². The fraction of sp³-hybridized carbons (Fsp3) is 0.947. The first-order chi connectivity index (χ1) is 11.0. The van der Waals surface area contributed by atoms with Gasteiger partial charge in [-0.05, 0) is 32.1 Å². The zero-order valence-corrected chi connectivity index (χ0v) is 15.6. The van der Waals surface area contributed by atoms with Crippen molar-refractivity contribution in [3.8, 4) is 0 Å². The van der Waals surface area contributed by atoms with Gasteiger partial charge in [-0.15, -0.1) is 0 Å². The lowest BCUT2D eigenvalue weighted by Gasteiger charge is -2.28. The van der Waals surface area contributed by atoms with E-state index in [0.29, 0.717) is 0 Å². The van der Waals surface area contributed by atoms with Crippen LogP contribution >= 0.6 is 0 Å². The normalized spacial score (nSPS) is 13.0. The van der Waals surface area contributed by atoms with Crippen LogP contribution in [-0.4, -0.2) is 27.9 Å². The molecule has 23 heavy (non-hydrogen) atoms. The molecule has 138 valence electrons. The van der Waals surface area contributed by atoms with Gasteiger partial charge in [0, 0.05) is 6.04 Å². The van der Waals surface area contributed by atoms with Crippen molar-refractivity contribution in [3.63, 3.8) is 0 Å². The maximum atomic E-state index is 10.9. The van der Waals surface area contributed by atoms with Crippen LogP contribution in [0.25, 0.3) is 0 Å². The van der Waals surface area contributed by atoms with Crippen molar-refractivity contribution in [1.29, 1.82) is 0 Å². The van der Waals surface area contributed by atoms with Crippen LogP contribution in [0, 0.1) is 0 Å². The molecule has 4 nitrogen and oxygen atoms in total. The van der Waals surface area contributed by atoms with Gasteiger partial charge >= 0.3 is 6.09 Å². The zero-order valence-electron chi connectivity index (χ0n) is 15.6. The highest BCUT2D eigenvalue weighted by molar-refractivity contribution is 5.64. The van der Waals surface area contributed by atoms with Crippen molar-refractivity contribution >= 4 is 6.09 Å². The molecule has 1 atom stereocenters. The quantitative estimate of drug-likeness (QED) is 0.348. The lowest BCUT2D eigenvalue weighted by atomic mass is 9.85. The first kappa shape index (κ1) is 22.2. The van der Waals surface area contributed by atoms with E-state index in [-0.39, 0.29) is 6.04 Å². The summed E-state index contributed by atoms with van der Waals surface area (Å²) in [5, 5.41) is 22.4. The second kappa shape index (κ2) is 13.6. The molecular weight excluding hydrogens is 290 g/mol. The summed E-state index contributed by atoms with van der Waals surface area (Å²) < 4.78 is 0. The molecule has 0 aromatic rings. The lowest BCUT2D eigenvalue weighted by Crippen LogP contribution is -2.33. The average molecular weight is 330 g/mol. The molecular formula is C19H39NO3. The number of hydrogen-bond donors (Lipinski definition) is 3. The van der Waals surface area contributed by atoms with Crippen LogP contribution in [0.1, 0.15) is 104 Å². The van der Waals surface area contributed by atoms with Gasteiger partial charge in [-0.2, -0.15) is 0 Å². The molecule has 0 heterocycles. The summed E-state index contributed by atoms with van der Waals surface area (Å²) in [6, 6.07) is 0.0619. The first-order valence-electron chi connectivity index (χ1n) is 9.69. The third-order valence-corrected chi connectivity index (χ3v) is 4.67. The number of amides is 1. The molecule has 4 heteroatoms. The van der Waals surface area contributed by atoms with E-state index < -0.39 is 11.7 Å². The summed E-state index contributed by atoms with van der Waals surface area (Å²) in [5.74, 6) is 0. The van der Waals surface area contributed by atoms with E-state index in [1.807, 2.05) is 0 Å². The van der Waals surface area contributed by atoms with Crippen molar-refractivity contribution < 1.29 is 15.0 Å². The number of carbonyl (C=O) groups is 1. The summed E-state index contributed by atoms with van der Waals surface area (Å²) in [6.45, 7) is 6.45. The zero-order chi connectivity index (χ0) is 17.6. The molecule has 0 fully saturated rings. The number of unbranched alkanes of at least 4 members (excludes halogenated alkanes) is 4. The fourth-order valence-corrected chi connectivity index (χ4v) is 3.15. The molecule has 0 aromatic carbocycles. The second-order valence-corrected chi connectivity index (χ2v) is 6.97. The van der Waals surface area contributed by atoms with Gasteiger partial charge in [-0.25, -0.2) is 4.79 Å². The molecule has 0 spiro atoms. The molecule has 0 aliphatic heterocycles. The van der Waals surface area contributed by atoms with Gasteiger partial charge in [0.05, 0.1) is 5.60 Å². The third-order valence-electron chi connectivity index (χ3n) is 4.67. The van der Waals surface area contributed by atoms with Gasteiger partial charge in [0.15, 0.2) is 0 Å². The van der Waals surface area contributed by atoms with Gasteiger partial charge < -0.3 is 15.5 Å². The number of aliphatic hydroxyl groups is 1. The predicted octanol–water partition coefficient (Wildman–Crippen LogP) is 5.48. The van der Waals surface area contributed by atoms with Crippen molar-refractivity contribution in [2.75, 3.05) is 0 Å². The summed E-state index contributed by atoms with van der Waals surface area (Å²) in [5.41, 5.74) is -0.509. The molecule has 0 aromatic heterocycles. The molecule has 0 saturated heterocycles. The Morgan fingerprint density at radius 2 is 1.35 bits per heavy atom. The Balaban J connectivity index is 4.19. The van der Waals surface area contributed by atoms with E-state index in [0.717, 1.165) is 83.5 Å². The van der Waals surface area contributed by atoms with Crippen LogP contribution in [0.4, 0.5) is 4.79 Å². The van der Waals surface area contributed by atoms with Crippen molar-refractivity contribution in [2.45, 2.75) is 116 Å². The Morgan fingerprint density at radius 1 is 0.870 bits per heavy atom. The van der Waals surface area contributed by atoms with Crippen LogP contribution in [0.3, 0.4) is 0 Å². The molecule has 0 bridgehead atoms. The van der Waals surface area contributed by atoms with Gasteiger partial charge in [-0.3, -0.25) is 0 Å². The van der Waals surface area contributed by atoms with E-state index in [1.54, 1.807) is 0 Å². The summed E-state index contributed by atoms with van der Waals surface area (Å²) in [7, 11) is 0. The number of hydrogen-bond acceptors (Lipinski definition) is 2. The Labute approximate surface area is 143 Å². The van der Waals surface area contributed by atoms with Crippen LogP contribution in [-0.2, 0) is 0 Å². The van der Waals surface area contributed by atoms with Crippen LogP contribution in [0.2, 0.25) is 0 Å². The Hall–Kier alpha value is -0.770. The third kappa shape index (κ3) is 12.3. The SMILES string of the molecule is CCCCC(CCCCC(O)(CCCC)CCCC)NC(=O)O. The molecule has 0 aliphatic rings. The Bertz CT molecular complexity index is 286. The molecule has 3 N–H and O–H groups in total. The Morgan fingerprint density at radius 3 is 1.83 bits per heavy atom. The minimum atomic E-state index is -0.923. The minimum Gasteiger partial charge on any atom is -0.465 e. The molecule has 0 rings (SSSR count). The van der Waals surface area contributed by atoms with Crippen LogP contribution < -0.4 is 5.32 Å². The van der Waals surface area contributed by atoms with E-state index >= 15 is 0 Å². The molecule has 1 amide bonds. The van der Waals surface area contributed by atoms with Gasteiger partial charge in [-0.1, -0.05) is 72.1 Å². The van der Waals surface area contributed by atoms with Gasteiger partial charge in [0.25, 0.3) is 0 Å². The topological polar surface area (TPSA) is 69.6 Å². The molecule has 1 unspecified atom stereocenters. The average Bonchev–Trinajstić information content (AvgIpc) is 2.52. The highest BCUT2D eigenvalue weighted by Gasteiger charge is 2.25. The minimum absolute atomic E-state index is 0.0619. The monoisotopic (exact) mass is 329 g/mol. The van der Waals surface area contributed by atoms with Crippen molar-refractivity contribution in [3.05, 3.63) is 0 Å². The summed E-state index contributed by atoms with van der Waals surface area (Å²) >= 11 is 0. The van der Waals surface area contributed by atoms with Crippen molar-refractivity contribution in [2.24, 2.45) is 0 Å². The second-order valence-electron chi connectivity index (χ2n) is 6.97. The van der Waals surface area contributed by atoms with Crippen LogP contribution in [0.5, 0.6) is 0 Å². The summed E-state index contributed by atoms with van der Waals surface area (Å²) in [4.78, 5) is 10.9. The highest BCUT2D eigenvalue weighted by atomic mass is 16.4. The van der Waals surface area contributed by atoms with Gasteiger partial charge in [0.1, 0.15) is 0 Å². The van der Waals surface area contributed by atoms with E-state index in [1.165, 1.54) is 0 Å². The predicted molar refractivity (Wildman–Crippen MR) is 96.9 cm³/mol. The maximum absolute atomic E-state index is 10.9. The maximum Gasteiger partial charge on any atom is 0.404 e. The number of rotatable bonds is 15. The van der Waals surface area contributed by atoms with Gasteiger partial charge in [0.2, 0.25) is 0 Å². The smallest absolute Gasteiger partial charge is 0.404 e. The standard InChI is InChI=1S/C19H39NO3/c1-4-7-12-17(20-18(21)22)13-10-11-16-19(23,14-8-5-2)15-9-6-3/h17,20,23H,4-16H2,1-3H3,(H,21,22). The largest absolute Gasteiger partial charge is 0.465 e. The fourth-order valence-electron chi connectivity index (χ4n) is 3.15. The van der Waals surface area contributed by atoms with E-state index in [9.17, 15) is 9.90 Å². The van der Waals surface area contributed by atoms with Crippen molar-refractivity contribution in [1.82, 2.24) is 5.32 Å². The van der Waals surface area contributed by atoms with E-state index in [4.69, 9.17) is 5.11 Å². The van der Waals surface area contributed by atoms with E-state index in [2.05, 4.69) is 26.1 Å². The highest BCUT2D eigenvalue weighted by Crippen LogP contribution is 2.27. The molecule has 0 radical (unpaired) electrons. The number of nitrogens with one attached hydrogen (secondary N) is 1. The Kier molecular flexibility index (Phi) is 13.2.